The molecule has 1 aliphatic heterocycles. The van der Waals surface area contributed by atoms with Gasteiger partial charge in [-0.1, -0.05) is 0 Å². The highest BCUT2D eigenvalue weighted by Gasteiger charge is 2.15. The summed E-state index contributed by atoms with van der Waals surface area (Å²) in [6, 6.07) is 0. The van der Waals surface area contributed by atoms with Crippen LogP contribution in [-0.4, -0.2) is 22.4 Å². The van der Waals surface area contributed by atoms with Crippen LogP contribution in [0.1, 0.15) is 12.8 Å². The van der Waals surface area contributed by atoms with Crippen LogP contribution >= 0.6 is 22.9 Å². The highest BCUT2D eigenvalue weighted by atomic mass is 127. The topological polar surface area (TPSA) is 3.24 Å². The predicted octanol–water partition coefficient (Wildman–Crippen LogP) is 1.77. The molecule has 1 saturated heterocycles. The Labute approximate surface area is 62.7 Å². The molecule has 0 amide bonds. The molecule has 8 heavy (non-hydrogen) atoms. The summed E-state index contributed by atoms with van der Waals surface area (Å²) in [4.78, 5) is 0. The normalized spacial score (nSPS) is 33.0. The summed E-state index contributed by atoms with van der Waals surface area (Å²) >= 11 is 2.17. The smallest absolute Gasteiger partial charge is 0.114 e. The van der Waals surface area contributed by atoms with Crippen LogP contribution in [0.2, 0.25) is 0 Å². The van der Waals surface area contributed by atoms with Crippen molar-refractivity contribution in [1.29, 1.82) is 0 Å². The van der Waals surface area contributed by atoms with E-state index >= 15 is 0 Å². The lowest BCUT2D eigenvalue weighted by Gasteiger charge is -2.22. The van der Waals surface area contributed by atoms with Gasteiger partial charge in [-0.15, -0.1) is 0 Å². The monoisotopic (exact) mass is 229 g/mol. The molecule has 0 aromatic heterocycles. The number of nitrogens with zero attached hydrogens (tertiary/aromatic N) is 1. The second-order valence-corrected chi connectivity index (χ2v) is 3.47. The molecule has 48 valence electrons. The van der Waals surface area contributed by atoms with E-state index in [1.54, 1.807) is 0 Å². The maximum absolute atomic E-state index is 12.4. The van der Waals surface area contributed by atoms with E-state index in [1.807, 2.05) is 3.11 Å². The van der Waals surface area contributed by atoms with Crippen molar-refractivity contribution in [3.8, 4) is 0 Å². The fourth-order valence-corrected chi connectivity index (χ4v) is 1.65. The Morgan fingerprint density at radius 1 is 1.62 bits per heavy atom. The maximum atomic E-state index is 12.4. The van der Waals surface area contributed by atoms with E-state index in [1.165, 1.54) is 0 Å². The second-order valence-electron chi connectivity index (χ2n) is 2.11. The first-order valence-electron chi connectivity index (χ1n) is 2.84. The highest BCUT2D eigenvalue weighted by Crippen LogP contribution is 2.15. The summed E-state index contributed by atoms with van der Waals surface area (Å²) in [5.74, 6) is 0. The van der Waals surface area contributed by atoms with Gasteiger partial charge < -0.3 is 0 Å². The van der Waals surface area contributed by atoms with Crippen LogP contribution in [-0.2, 0) is 0 Å². The molecule has 1 unspecified atom stereocenters. The second kappa shape index (κ2) is 2.96. The summed E-state index contributed by atoms with van der Waals surface area (Å²) in [5.41, 5.74) is 0. The van der Waals surface area contributed by atoms with Crippen molar-refractivity contribution in [3.63, 3.8) is 0 Å². The molecular weight excluding hydrogens is 220 g/mol. The molecule has 0 spiro atoms. The lowest BCUT2D eigenvalue weighted by Crippen LogP contribution is -2.28. The first-order chi connectivity index (χ1) is 3.79. The number of hydrogen-bond donors (Lipinski definition) is 0. The van der Waals surface area contributed by atoms with Gasteiger partial charge in [-0.05, 0) is 12.8 Å². The minimum Gasteiger partial charge on any atom is -0.246 e. The van der Waals surface area contributed by atoms with Crippen molar-refractivity contribution in [2.75, 3.05) is 13.1 Å². The van der Waals surface area contributed by atoms with Gasteiger partial charge in [0.05, 0.1) is 0 Å². The lowest BCUT2D eigenvalue weighted by molar-refractivity contribution is 0.224. The molecule has 0 radical (unpaired) electrons. The molecule has 1 rings (SSSR count). The highest BCUT2D eigenvalue weighted by molar-refractivity contribution is 14.1. The largest absolute Gasteiger partial charge is 0.246 e. The van der Waals surface area contributed by atoms with Crippen molar-refractivity contribution in [1.82, 2.24) is 3.11 Å². The molecular formula is C5H9FIN. The third-order valence-electron chi connectivity index (χ3n) is 1.31. The maximum Gasteiger partial charge on any atom is 0.114 e. The molecule has 1 fully saturated rings. The molecule has 1 heterocycles. The van der Waals surface area contributed by atoms with Gasteiger partial charge in [0.25, 0.3) is 0 Å². The Hall–Kier alpha value is 0.620. The average molecular weight is 229 g/mol. The Morgan fingerprint density at radius 2 is 2.38 bits per heavy atom. The molecule has 0 saturated carbocycles. The Kier molecular flexibility index (Phi) is 2.49. The van der Waals surface area contributed by atoms with Gasteiger partial charge in [0.1, 0.15) is 6.17 Å². The molecule has 0 N–H and O–H groups in total. The molecule has 1 atom stereocenters. The first-order valence-corrected chi connectivity index (χ1v) is 3.80. The zero-order valence-electron chi connectivity index (χ0n) is 4.61. The number of halogens is 2. The molecule has 0 aromatic carbocycles. The molecule has 1 nitrogen and oxygen atoms in total. The number of alkyl halides is 1. The lowest BCUT2D eigenvalue weighted by atomic mass is 10.1. The number of hydrogen-bond acceptors (Lipinski definition) is 1. The molecule has 3 heteroatoms. The van der Waals surface area contributed by atoms with Crippen molar-refractivity contribution in [3.05, 3.63) is 0 Å². The summed E-state index contributed by atoms with van der Waals surface area (Å²) in [5, 5.41) is 0. The van der Waals surface area contributed by atoms with Crippen LogP contribution in [0.5, 0.6) is 0 Å². The molecule has 0 aliphatic carbocycles. The SMILES string of the molecule is FC1CCCN(I)C1. The van der Waals surface area contributed by atoms with Gasteiger partial charge in [0.2, 0.25) is 0 Å². The van der Waals surface area contributed by atoms with E-state index in [9.17, 15) is 4.39 Å². The van der Waals surface area contributed by atoms with Gasteiger partial charge in [0.15, 0.2) is 0 Å². The zero-order valence-corrected chi connectivity index (χ0v) is 6.77. The fraction of sp³-hybridized carbons (Fsp3) is 1.00. The third-order valence-corrected chi connectivity index (χ3v) is 2.19. The molecule has 0 bridgehead atoms. The van der Waals surface area contributed by atoms with E-state index in [4.69, 9.17) is 0 Å². The van der Waals surface area contributed by atoms with E-state index in [-0.39, 0.29) is 0 Å². The Bertz CT molecular complexity index is 70.8. The fourth-order valence-electron chi connectivity index (χ4n) is 0.882. The minimum atomic E-state index is -0.569. The van der Waals surface area contributed by atoms with E-state index < -0.39 is 6.17 Å². The van der Waals surface area contributed by atoms with Gasteiger partial charge >= 0.3 is 0 Å². The van der Waals surface area contributed by atoms with Gasteiger partial charge in [0, 0.05) is 36.0 Å². The Morgan fingerprint density at radius 3 is 2.75 bits per heavy atom. The van der Waals surface area contributed by atoms with Crippen molar-refractivity contribution >= 4 is 22.9 Å². The molecule has 1 aliphatic rings. The zero-order chi connectivity index (χ0) is 5.98. The number of rotatable bonds is 0. The van der Waals surface area contributed by atoms with Crippen LogP contribution < -0.4 is 0 Å². The van der Waals surface area contributed by atoms with E-state index in [2.05, 4.69) is 22.9 Å². The first kappa shape index (κ1) is 6.74. The van der Waals surface area contributed by atoms with Gasteiger partial charge in [-0.3, -0.25) is 0 Å². The van der Waals surface area contributed by atoms with E-state index in [0.29, 0.717) is 6.54 Å². The van der Waals surface area contributed by atoms with Crippen LogP contribution in [0, 0.1) is 0 Å². The number of piperidine rings is 1. The van der Waals surface area contributed by atoms with Crippen LogP contribution in [0.25, 0.3) is 0 Å². The average Bonchev–Trinajstić information content (AvgIpc) is 1.64. The third kappa shape index (κ3) is 1.85. The summed E-state index contributed by atoms with van der Waals surface area (Å²) < 4.78 is 14.4. The standard InChI is InChI=1S/C5H9FIN/c6-5-2-1-3-8(7)4-5/h5H,1-4H2. The van der Waals surface area contributed by atoms with Crippen LogP contribution in [0.3, 0.4) is 0 Å². The van der Waals surface area contributed by atoms with Crippen LogP contribution in [0.15, 0.2) is 0 Å². The minimum absolute atomic E-state index is 0.569. The summed E-state index contributed by atoms with van der Waals surface area (Å²) in [6.07, 6.45) is 1.21. The summed E-state index contributed by atoms with van der Waals surface area (Å²) in [6.45, 7) is 1.68. The quantitative estimate of drug-likeness (QED) is 0.452. The molecule has 0 aromatic rings. The van der Waals surface area contributed by atoms with Gasteiger partial charge in [-0.25, -0.2) is 7.50 Å². The predicted molar refractivity (Wildman–Crippen MR) is 39.7 cm³/mol. The summed E-state index contributed by atoms with van der Waals surface area (Å²) in [7, 11) is 0. The van der Waals surface area contributed by atoms with E-state index in [0.717, 1.165) is 19.4 Å². The van der Waals surface area contributed by atoms with Crippen molar-refractivity contribution in [2.24, 2.45) is 0 Å². The Balaban J connectivity index is 2.23. The van der Waals surface area contributed by atoms with Crippen LogP contribution in [0.4, 0.5) is 4.39 Å². The van der Waals surface area contributed by atoms with Crippen molar-refractivity contribution < 1.29 is 4.39 Å². The van der Waals surface area contributed by atoms with Crippen molar-refractivity contribution in [2.45, 2.75) is 19.0 Å². The van der Waals surface area contributed by atoms with Gasteiger partial charge in [-0.2, -0.15) is 0 Å².